The number of benzene rings is 2. The smallest absolute Gasteiger partial charge is 0.230 e. The first-order chi connectivity index (χ1) is 12.0. The number of nitrogens with one attached hydrogen (secondary N) is 1. The van der Waals surface area contributed by atoms with E-state index in [2.05, 4.69) is 36.3 Å². The van der Waals surface area contributed by atoms with Gasteiger partial charge in [-0.15, -0.1) is 0 Å². The number of thiazole rings is 1. The average molecular weight is 354 g/mol. The summed E-state index contributed by atoms with van der Waals surface area (Å²) < 4.78 is 6.51. The Balaban J connectivity index is 1.67. The van der Waals surface area contributed by atoms with Crippen molar-refractivity contribution in [2.45, 2.75) is 33.1 Å². The molecule has 3 rings (SSSR count). The van der Waals surface area contributed by atoms with E-state index < -0.39 is 0 Å². The number of rotatable bonds is 6. The van der Waals surface area contributed by atoms with Crippen LogP contribution in [0.15, 0.2) is 42.5 Å². The van der Waals surface area contributed by atoms with Crippen molar-refractivity contribution in [2.24, 2.45) is 0 Å². The van der Waals surface area contributed by atoms with Crippen molar-refractivity contribution >= 4 is 32.6 Å². The van der Waals surface area contributed by atoms with Crippen LogP contribution in [-0.4, -0.2) is 17.5 Å². The van der Waals surface area contributed by atoms with Gasteiger partial charge in [0, 0.05) is 0 Å². The summed E-state index contributed by atoms with van der Waals surface area (Å²) in [6.07, 6.45) is 0.319. The molecule has 0 fully saturated rings. The van der Waals surface area contributed by atoms with Crippen molar-refractivity contribution in [2.75, 3.05) is 11.9 Å². The molecule has 1 aromatic heterocycles. The summed E-state index contributed by atoms with van der Waals surface area (Å²) in [6.45, 7) is 6.92. The number of nitrogens with zero attached hydrogens (tertiary/aromatic N) is 1. The Morgan fingerprint density at radius 1 is 1.20 bits per heavy atom. The molecule has 5 heteroatoms. The van der Waals surface area contributed by atoms with Gasteiger partial charge in [-0.3, -0.25) is 4.79 Å². The Morgan fingerprint density at radius 2 is 1.96 bits per heavy atom. The summed E-state index contributed by atoms with van der Waals surface area (Å²) in [5.74, 6) is 1.23. The van der Waals surface area contributed by atoms with E-state index in [1.165, 1.54) is 16.9 Å². The highest BCUT2D eigenvalue weighted by Gasteiger charge is 2.10. The van der Waals surface area contributed by atoms with Gasteiger partial charge in [-0.25, -0.2) is 4.98 Å². The van der Waals surface area contributed by atoms with E-state index >= 15 is 0 Å². The third-order valence-corrected chi connectivity index (χ3v) is 4.86. The van der Waals surface area contributed by atoms with Gasteiger partial charge in [0.25, 0.3) is 0 Å². The third kappa shape index (κ3) is 4.37. The van der Waals surface area contributed by atoms with Crippen molar-refractivity contribution < 1.29 is 9.53 Å². The van der Waals surface area contributed by atoms with Gasteiger partial charge in [0.15, 0.2) is 5.13 Å². The van der Waals surface area contributed by atoms with Gasteiger partial charge in [0.1, 0.15) is 5.75 Å². The summed E-state index contributed by atoms with van der Waals surface area (Å²) in [4.78, 5) is 16.8. The number of ether oxygens (including phenoxy) is 1. The molecule has 0 aliphatic carbocycles. The van der Waals surface area contributed by atoms with Gasteiger partial charge in [-0.05, 0) is 48.2 Å². The molecule has 0 bridgehead atoms. The second-order valence-electron chi connectivity index (χ2n) is 6.20. The maximum Gasteiger partial charge on any atom is 0.230 e. The maximum absolute atomic E-state index is 12.3. The van der Waals surface area contributed by atoms with E-state index in [-0.39, 0.29) is 5.91 Å². The second-order valence-corrected chi connectivity index (χ2v) is 7.23. The fourth-order valence-electron chi connectivity index (χ4n) is 2.57. The third-order valence-electron chi connectivity index (χ3n) is 3.92. The summed E-state index contributed by atoms with van der Waals surface area (Å²) in [7, 11) is 0. The van der Waals surface area contributed by atoms with Gasteiger partial charge >= 0.3 is 0 Å². The zero-order valence-electron chi connectivity index (χ0n) is 14.7. The summed E-state index contributed by atoms with van der Waals surface area (Å²) in [5.41, 5.74) is 3.15. The van der Waals surface area contributed by atoms with Crippen LogP contribution in [0.3, 0.4) is 0 Å². The first-order valence-corrected chi connectivity index (χ1v) is 9.29. The standard InChI is InChI=1S/C20H22N2O2S/c1-4-24-16-8-5-14(6-9-16)11-19(23)22-20-21-17-10-7-15(13(2)3)12-18(17)25-20/h5-10,12-13H,4,11H2,1-3H3,(H,21,22,23). The van der Waals surface area contributed by atoms with Crippen LogP contribution in [0, 0.1) is 0 Å². The van der Waals surface area contributed by atoms with Gasteiger partial charge in [-0.1, -0.05) is 43.4 Å². The molecule has 0 radical (unpaired) electrons. The number of hydrogen-bond acceptors (Lipinski definition) is 4. The normalized spacial score (nSPS) is 11.0. The van der Waals surface area contributed by atoms with E-state index in [1.54, 1.807) is 0 Å². The van der Waals surface area contributed by atoms with Crippen molar-refractivity contribution in [3.8, 4) is 5.75 Å². The van der Waals surface area contributed by atoms with E-state index in [9.17, 15) is 4.79 Å². The zero-order valence-corrected chi connectivity index (χ0v) is 15.5. The molecule has 25 heavy (non-hydrogen) atoms. The molecule has 0 unspecified atom stereocenters. The molecule has 3 aromatic rings. The molecule has 0 spiro atoms. The molecular formula is C20H22N2O2S. The van der Waals surface area contributed by atoms with Crippen LogP contribution in [0.25, 0.3) is 10.2 Å². The van der Waals surface area contributed by atoms with Gasteiger partial charge in [0.05, 0.1) is 23.2 Å². The summed E-state index contributed by atoms with van der Waals surface area (Å²) >= 11 is 1.51. The molecule has 0 saturated heterocycles. The van der Waals surface area contributed by atoms with Crippen LogP contribution in [0.2, 0.25) is 0 Å². The maximum atomic E-state index is 12.3. The van der Waals surface area contributed by atoms with Crippen molar-refractivity contribution in [3.05, 3.63) is 53.6 Å². The lowest BCUT2D eigenvalue weighted by molar-refractivity contribution is -0.115. The fraction of sp³-hybridized carbons (Fsp3) is 0.300. The number of carbonyl (C=O) groups excluding carboxylic acids is 1. The van der Waals surface area contributed by atoms with Gasteiger partial charge in [0.2, 0.25) is 5.91 Å². The van der Waals surface area contributed by atoms with E-state index in [1.807, 2.05) is 37.3 Å². The van der Waals surface area contributed by atoms with E-state index in [0.29, 0.717) is 24.1 Å². The predicted molar refractivity (Wildman–Crippen MR) is 104 cm³/mol. The van der Waals surface area contributed by atoms with Crippen molar-refractivity contribution in [1.29, 1.82) is 0 Å². The molecule has 0 aliphatic rings. The Bertz CT molecular complexity index is 869. The highest BCUT2D eigenvalue weighted by atomic mass is 32.1. The Morgan fingerprint density at radius 3 is 2.64 bits per heavy atom. The van der Waals surface area contributed by atoms with Crippen LogP contribution in [-0.2, 0) is 11.2 Å². The largest absolute Gasteiger partial charge is 0.494 e. The second kappa shape index (κ2) is 7.66. The minimum atomic E-state index is -0.0627. The number of amides is 1. The number of fused-ring (bicyclic) bond motifs is 1. The lowest BCUT2D eigenvalue weighted by Crippen LogP contribution is -2.14. The van der Waals surface area contributed by atoms with Crippen LogP contribution in [0.5, 0.6) is 5.75 Å². The summed E-state index contributed by atoms with van der Waals surface area (Å²) in [5, 5.41) is 3.55. The highest BCUT2D eigenvalue weighted by molar-refractivity contribution is 7.22. The molecule has 0 atom stereocenters. The quantitative estimate of drug-likeness (QED) is 0.678. The minimum absolute atomic E-state index is 0.0627. The molecule has 0 saturated carbocycles. The van der Waals surface area contributed by atoms with Crippen LogP contribution < -0.4 is 10.1 Å². The highest BCUT2D eigenvalue weighted by Crippen LogP contribution is 2.29. The molecule has 0 aliphatic heterocycles. The molecule has 1 heterocycles. The number of carbonyl (C=O) groups is 1. The van der Waals surface area contributed by atoms with Gasteiger partial charge < -0.3 is 10.1 Å². The fourth-order valence-corrected chi connectivity index (χ4v) is 3.50. The molecule has 2 aromatic carbocycles. The van der Waals surface area contributed by atoms with Crippen LogP contribution in [0.4, 0.5) is 5.13 Å². The number of aromatic nitrogens is 1. The molecule has 1 N–H and O–H groups in total. The molecule has 1 amide bonds. The average Bonchev–Trinajstić information content (AvgIpc) is 2.97. The molecule has 4 nitrogen and oxygen atoms in total. The number of anilines is 1. The lowest BCUT2D eigenvalue weighted by Gasteiger charge is -2.05. The first kappa shape index (κ1) is 17.4. The zero-order chi connectivity index (χ0) is 17.8. The SMILES string of the molecule is CCOc1ccc(CC(=O)Nc2nc3ccc(C(C)C)cc3s2)cc1. The Kier molecular flexibility index (Phi) is 5.34. The predicted octanol–water partition coefficient (Wildman–Crippen LogP) is 5.00. The van der Waals surface area contributed by atoms with Crippen LogP contribution >= 0.6 is 11.3 Å². The number of hydrogen-bond donors (Lipinski definition) is 1. The Hall–Kier alpha value is -2.40. The first-order valence-electron chi connectivity index (χ1n) is 8.47. The topological polar surface area (TPSA) is 51.2 Å². The van der Waals surface area contributed by atoms with Crippen molar-refractivity contribution in [1.82, 2.24) is 4.98 Å². The van der Waals surface area contributed by atoms with Gasteiger partial charge in [-0.2, -0.15) is 0 Å². The monoisotopic (exact) mass is 354 g/mol. The minimum Gasteiger partial charge on any atom is -0.494 e. The molecule has 130 valence electrons. The van der Waals surface area contributed by atoms with E-state index in [0.717, 1.165) is 21.5 Å². The van der Waals surface area contributed by atoms with Crippen molar-refractivity contribution in [3.63, 3.8) is 0 Å². The molecular weight excluding hydrogens is 332 g/mol. The Labute approximate surface area is 151 Å². The lowest BCUT2D eigenvalue weighted by atomic mass is 10.0. The van der Waals surface area contributed by atoms with E-state index in [4.69, 9.17) is 4.74 Å². The van der Waals surface area contributed by atoms with Crippen LogP contribution in [0.1, 0.15) is 37.8 Å². The summed E-state index contributed by atoms with van der Waals surface area (Å²) in [6, 6.07) is 13.9.